The van der Waals surface area contributed by atoms with Gasteiger partial charge in [0.15, 0.2) is 0 Å². The lowest BCUT2D eigenvalue weighted by Crippen LogP contribution is -2.60. The maximum absolute atomic E-state index is 11.7. The monoisotopic (exact) mass is 340 g/mol. The van der Waals surface area contributed by atoms with Gasteiger partial charge in [-0.25, -0.2) is 4.98 Å². The second-order valence-electron chi connectivity index (χ2n) is 7.53. The molecule has 2 aliphatic rings. The fraction of sp³-hybridized carbons (Fsp3) is 0.550. The summed E-state index contributed by atoms with van der Waals surface area (Å²) in [6.45, 7) is 4.89. The molecule has 0 spiro atoms. The van der Waals surface area contributed by atoms with E-state index in [4.69, 9.17) is 0 Å². The largest absolute Gasteiger partial charge is 0.383 e. The van der Waals surface area contributed by atoms with Crippen LogP contribution in [0.4, 0.5) is 0 Å². The van der Waals surface area contributed by atoms with Crippen molar-refractivity contribution in [3.63, 3.8) is 0 Å². The summed E-state index contributed by atoms with van der Waals surface area (Å²) in [5.74, 6) is 0. The van der Waals surface area contributed by atoms with Crippen LogP contribution in [0.2, 0.25) is 0 Å². The number of aryl methyl sites for hydroxylation is 1. The highest BCUT2D eigenvalue weighted by Crippen LogP contribution is 2.37. The van der Waals surface area contributed by atoms with Gasteiger partial charge in [-0.1, -0.05) is 30.3 Å². The minimum Gasteiger partial charge on any atom is -0.383 e. The maximum Gasteiger partial charge on any atom is 0.108 e. The average molecular weight is 340 g/mol. The van der Waals surface area contributed by atoms with Crippen LogP contribution in [0.15, 0.2) is 42.9 Å². The Bertz CT molecular complexity index is 695. The molecule has 5 heteroatoms. The highest BCUT2D eigenvalue weighted by Gasteiger charge is 2.46. The Balaban J connectivity index is 1.58. The number of hydrogen-bond donors (Lipinski definition) is 1. The molecule has 2 atom stereocenters. The molecule has 2 fully saturated rings. The third-order valence-electron chi connectivity index (χ3n) is 5.95. The molecule has 1 N–H and O–H groups in total. The molecule has 4 rings (SSSR count). The SMILES string of the molecule is Cn1cncc1CN1CC[C@](O)(c2ccccc2)[C@H](N2CCCC2)C1. The van der Waals surface area contributed by atoms with Crippen LogP contribution in [-0.2, 0) is 19.2 Å². The zero-order valence-electron chi connectivity index (χ0n) is 15.0. The van der Waals surface area contributed by atoms with E-state index in [2.05, 4.69) is 31.5 Å². The fourth-order valence-corrected chi connectivity index (χ4v) is 4.43. The van der Waals surface area contributed by atoms with Gasteiger partial charge in [0.25, 0.3) is 0 Å². The van der Waals surface area contributed by atoms with E-state index in [-0.39, 0.29) is 6.04 Å². The lowest BCUT2D eigenvalue weighted by molar-refractivity contribution is -0.0961. The van der Waals surface area contributed by atoms with Gasteiger partial charge in [-0.2, -0.15) is 0 Å². The molecule has 0 radical (unpaired) electrons. The predicted molar refractivity (Wildman–Crippen MR) is 98.0 cm³/mol. The molecule has 2 aromatic rings. The molecule has 1 aromatic carbocycles. The molecule has 1 aromatic heterocycles. The summed E-state index contributed by atoms with van der Waals surface area (Å²) in [5.41, 5.74) is 1.53. The van der Waals surface area contributed by atoms with Crippen molar-refractivity contribution >= 4 is 0 Å². The Morgan fingerprint density at radius 2 is 1.92 bits per heavy atom. The first-order valence-electron chi connectivity index (χ1n) is 9.36. The number of aliphatic hydroxyl groups is 1. The molecular weight excluding hydrogens is 312 g/mol. The first-order valence-corrected chi connectivity index (χ1v) is 9.36. The Morgan fingerprint density at radius 3 is 2.60 bits per heavy atom. The van der Waals surface area contributed by atoms with Gasteiger partial charge in [-0.15, -0.1) is 0 Å². The Kier molecular flexibility index (Phi) is 4.63. The van der Waals surface area contributed by atoms with Crippen LogP contribution < -0.4 is 0 Å². The molecular formula is C20H28N4O. The molecule has 3 heterocycles. The summed E-state index contributed by atoms with van der Waals surface area (Å²) in [6.07, 6.45) is 7.06. The summed E-state index contributed by atoms with van der Waals surface area (Å²) in [4.78, 5) is 9.21. The van der Waals surface area contributed by atoms with E-state index in [0.29, 0.717) is 0 Å². The summed E-state index contributed by atoms with van der Waals surface area (Å²) >= 11 is 0. The third-order valence-corrected chi connectivity index (χ3v) is 5.95. The van der Waals surface area contributed by atoms with Crippen molar-refractivity contribution in [2.24, 2.45) is 7.05 Å². The molecule has 0 amide bonds. The van der Waals surface area contributed by atoms with Crippen molar-refractivity contribution in [3.8, 4) is 0 Å². The minimum absolute atomic E-state index is 0.152. The summed E-state index contributed by atoms with van der Waals surface area (Å²) in [6, 6.07) is 10.4. The number of rotatable bonds is 4. The van der Waals surface area contributed by atoms with E-state index >= 15 is 0 Å². The van der Waals surface area contributed by atoms with Crippen LogP contribution >= 0.6 is 0 Å². The first-order chi connectivity index (χ1) is 12.2. The van der Waals surface area contributed by atoms with Crippen molar-refractivity contribution < 1.29 is 5.11 Å². The van der Waals surface area contributed by atoms with E-state index in [1.807, 2.05) is 37.8 Å². The number of hydrogen-bond acceptors (Lipinski definition) is 4. The number of imidazole rings is 1. The minimum atomic E-state index is -0.755. The number of piperidine rings is 1. The summed E-state index contributed by atoms with van der Waals surface area (Å²) in [5, 5.41) is 11.7. The smallest absolute Gasteiger partial charge is 0.108 e. The molecule has 0 unspecified atom stereocenters. The van der Waals surface area contributed by atoms with Crippen LogP contribution in [-0.4, -0.2) is 56.7 Å². The van der Waals surface area contributed by atoms with Crippen LogP contribution in [0, 0.1) is 0 Å². The molecule has 134 valence electrons. The highest BCUT2D eigenvalue weighted by atomic mass is 16.3. The van der Waals surface area contributed by atoms with Crippen molar-refractivity contribution in [1.29, 1.82) is 0 Å². The van der Waals surface area contributed by atoms with Crippen LogP contribution in [0.3, 0.4) is 0 Å². The van der Waals surface area contributed by atoms with E-state index in [1.165, 1.54) is 18.5 Å². The fourth-order valence-electron chi connectivity index (χ4n) is 4.43. The number of benzene rings is 1. The molecule has 0 bridgehead atoms. The molecule has 0 aliphatic carbocycles. The number of aromatic nitrogens is 2. The highest BCUT2D eigenvalue weighted by molar-refractivity contribution is 5.26. The third kappa shape index (κ3) is 3.24. The second-order valence-corrected chi connectivity index (χ2v) is 7.53. The second kappa shape index (κ2) is 6.90. The molecule has 2 aliphatic heterocycles. The topological polar surface area (TPSA) is 44.5 Å². The zero-order chi connectivity index (χ0) is 17.3. The quantitative estimate of drug-likeness (QED) is 0.924. The van der Waals surface area contributed by atoms with Gasteiger partial charge in [0, 0.05) is 32.9 Å². The van der Waals surface area contributed by atoms with Gasteiger partial charge in [0.2, 0.25) is 0 Å². The van der Waals surface area contributed by atoms with E-state index in [1.54, 1.807) is 0 Å². The standard InChI is InChI=1S/C20H28N4O/c1-22-16-21-13-18(22)14-23-12-9-20(25,17-7-3-2-4-8-17)19(15-23)24-10-5-6-11-24/h2-4,7-8,13,16,19,25H,5-6,9-12,14-15H2,1H3/t19-,20+/m1/s1. The van der Waals surface area contributed by atoms with Crippen LogP contribution in [0.25, 0.3) is 0 Å². The van der Waals surface area contributed by atoms with Crippen molar-refractivity contribution in [3.05, 3.63) is 54.1 Å². The predicted octanol–water partition coefficient (Wildman–Crippen LogP) is 1.98. The molecule has 5 nitrogen and oxygen atoms in total. The Morgan fingerprint density at radius 1 is 1.16 bits per heavy atom. The number of nitrogens with zero attached hydrogens (tertiary/aromatic N) is 4. The van der Waals surface area contributed by atoms with Gasteiger partial charge < -0.3 is 9.67 Å². The van der Waals surface area contributed by atoms with Gasteiger partial charge in [-0.3, -0.25) is 9.80 Å². The van der Waals surface area contributed by atoms with Crippen molar-refractivity contribution in [1.82, 2.24) is 19.4 Å². The van der Waals surface area contributed by atoms with Gasteiger partial charge >= 0.3 is 0 Å². The summed E-state index contributed by atoms with van der Waals surface area (Å²) < 4.78 is 2.09. The van der Waals surface area contributed by atoms with E-state index in [0.717, 1.165) is 44.7 Å². The van der Waals surface area contributed by atoms with Crippen LogP contribution in [0.1, 0.15) is 30.5 Å². The van der Waals surface area contributed by atoms with Gasteiger partial charge in [-0.05, 0) is 37.9 Å². The Hall–Kier alpha value is -1.69. The lowest BCUT2D eigenvalue weighted by Gasteiger charge is -2.48. The lowest BCUT2D eigenvalue weighted by atomic mass is 9.79. The van der Waals surface area contributed by atoms with Crippen molar-refractivity contribution in [2.45, 2.75) is 37.5 Å². The Labute approximate surface area is 149 Å². The molecule has 0 saturated carbocycles. The first kappa shape index (κ1) is 16.8. The zero-order valence-corrected chi connectivity index (χ0v) is 15.0. The maximum atomic E-state index is 11.7. The van der Waals surface area contributed by atoms with E-state index < -0.39 is 5.60 Å². The summed E-state index contributed by atoms with van der Waals surface area (Å²) in [7, 11) is 2.05. The number of likely N-dealkylation sites (tertiary alicyclic amines) is 2. The van der Waals surface area contributed by atoms with Gasteiger partial charge in [0.05, 0.1) is 18.1 Å². The normalized spacial score (nSPS) is 28.5. The molecule has 2 saturated heterocycles. The average Bonchev–Trinajstić information content (AvgIpc) is 3.30. The van der Waals surface area contributed by atoms with Crippen molar-refractivity contribution in [2.75, 3.05) is 26.2 Å². The molecule has 25 heavy (non-hydrogen) atoms. The van der Waals surface area contributed by atoms with E-state index in [9.17, 15) is 5.11 Å². The van der Waals surface area contributed by atoms with Gasteiger partial charge in [0.1, 0.15) is 5.60 Å². The van der Waals surface area contributed by atoms with Crippen LogP contribution in [0.5, 0.6) is 0 Å².